The van der Waals surface area contributed by atoms with Crippen molar-refractivity contribution in [3.63, 3.8) is 0 Å². The maximum Gasteiger partial charge on any atom is 0.237 e. The average Bonchev–Trinajstić information content (AvgIpc) is 2.01. The quantitative estimate of drug-likeness (QED) is 0.372. The van der Waals surface area contributed by atoms with Gasteiger partial charge in [0.05, 0.1) is 18.8 Å². The van der Waals surface area contributed by atoms with E-state index < -0.39 is 0 Å². The van der Waals surface area contributed by atoms with Gasteiger partial charge >= 0.3 is 0 Å². The molecule has 0 aromatic heterocycles. The van der Waals surface area contributed by atoms with Gasteiger partial charge < -0.3 is 9.16 Å². The molecular weight excluding hydrogens is 180 g/mol. The monoisotopic (exact) mass is 200 g/mol. The van der Waals surface area contributed by atoms with Crippen molar-refractivity contribution >= 4 is 9.76 Å². The largest absolute Gasteiger partial charge is 0.414 e. The Hall–Kier alpha value is -0.123. The predicted molar refractivity (Wildman–Crippen MR) is 57.0 cm³/mol. The minimum atomic E-state index is -0.0590. The van der Waals surface area contributed by atoms with Crippen LogP contribution >= 0.6 is 0 Å². The van der Waals surface area contributed by atoms with Crippen LogP contribution in [0.15, 0.2) is 12.7 Å². The first-order valence-electron chi connectivity index (χ1n) is 4.59. The van der Waals surface area contributed by atoms with Crippen molar-refractivity contribution in [2.75, 3.05) is 13.2 Å². The molecule has 76 valence electrons. The Bertz CT molecular complexity index is 140. The molecule has 2 nitrogen and oxygen atoms in total. The molecule has 1 unspecified atom stereocenters. The lowest BCUT2D eigenvalue weighted by Gasteiger charge is -2.19. The number of rotatable bonds is 6. The smallest absolute Gasteiger partial charge is 0.237 e. The molecule has 2 radical (unpaired) electrons. The van der Waals surface area contributed by atoms with Crippen molar-refractivity contribution in [2.45, 2.75) is 38.8 Å². The summed E-state index contributed by atoms with van der Waals surface area (Å²) in [4.78, 5) is 0. The van der Waals surface area contributed by atoms with Gasteiger partial charge in [-0.1, -0.05) is 13.0 Å². The third kappa shape index (κ3) is 9.79. The summed E-state index contributed by atoms with van der Waals surface area (Å²) >= 11 is 0. The van der Waals surface area contributed by atoms with E-state index in [9.17, 15) is 0 Å². The summed E-state index contributed by atoms with van der Waals surface area (Å²) in [7, 11) is 0.501. The van der Waals surface area contributed by atoms with Crippen LogP contribution in [0.25, 0.3) is 0 Å². The van der Waals surface area contributed by atoms with Gasteiger partial charge in [-0.15, -0.1) is 6.58 Å². The predicted octanol–water partition coefficient (Wildman–Crippen LogP) is 2.43. The number of hydrogen-bond acceptors (Lipinski definition) is 2. The first-order chi connectivity index (χ1) is 5.95. The highest BCUT2D eigenvalue weighted by Gasteiger charge is 2.09. The SMILES string of the molecule is C=CC(C)[Si]OCCOC(C)(C)C. The lowest BCUT2D eigenvalue weighted by Crippen LogP contribution is -2.22. The summed E-state index contributed by atoms with van der Waals surface area (Å²) < 4.78 is 10.9. The maximum atomic E-state index is 5.50. The molecule has 0 N–H and O–H groups in total. The molecule has 0 heterocycles. The first kappa shape index (κ1) is 12.9. The van der Waals surface area contributed by atoms with Gasteiger partial charge in [0.1, 0.15) is 0 Å². The van der Waals surface area contributed by atoms with Crippen LogP contribution in [-0.4, -0.2) is 28.6 Å². The number of hydrogen-bond donors (Lipinski definition) is 0. The Labute approximate surface area is 84.3 Å². The summed E-state index contributed by atoms with van der Waals surface area (Å²) in [5.74, 6) is 0. The van der Waals surface area contributed by atoms with Gasteiger partial charge in [-0.25, -0.2) is 0 Å². The van der Waals surface area contributed by atoms with E-state index in [2.05, 4.69) is 13.5 Å². The second kappa shape index (κ2) is 6.35. The topological polar surface area (TPSA) is 18.5 Å². The van der Waals surface area contributed by atoms with Crippen LogP contribution in [-0.2, 0) is 9.16 Å². The number of allylic oxidation sites excluding steroid dienone is 1. The number of ether oxygens (including phenoxy) is 1. The van der Waals surface area contributed by atoms with Gasteiger partial charge in [0.15, 0.2) is 0 Å². The van der Waals surface area contributed by atoms with Crippen molar-refractivity contribution in [1.82, 2.24) is 0 Å². The molecule has 13 heavy (non-hydrogen) atoms. The zero-order valence-electron chi connectivity index (χ0n) is 9.09. The van der Waals surface area contributed by atoms with Crippen molar-refractivity contribution in [3.05, 3.63) is 12.7 Å². The Morgan fingerprint density at radius 2 is 2.00 bits per heavy atom. The molecule has 1 atom stereocenters. The third-order valence-corrected chi connectivity index (χ3v) is 2.32. The van der Waals surface area contributed by atoms with E-state index in [-0.39, 0.29) is 5.60 Å². The third-order valence-electron chi connectivity index (χ3n) is 1.34. The van der Waals surface area contributed by atoms with Crippen molar-refractivity contribution in [3.8, 4) is 0 Å². The molecule has 0 amide bonds. The Morgan fingerprint density at radius 3 is 2.46 bits per heavy atom. The molecule has 0 aliphatic heterocycles. The maximum absolute atomic E-state index is 5.50. The first-order valence-corrected chi connectivity index (χ1v) is 5.58. The van der Waals surface area contributed by atoms with Gasteiger partial charge in [0.2, 0.25) is 9.76 Å². The molecular formula is C10H20O2Si. The Kier molecular flexibility index (Phi) is 6.29. The summed E-state index contributed by atoms with van der Waals surface area (Å²) in [5.41, 5.74) is 0.394. The van der Waals surface area contributed by atoms with Crippen LogP contribution in [0.3, 0.4) is 0 Å². The minimum Gasteiger partial charge on any atom is -0.414 e. The molecule has 0 bridgehead atoms. The second-order valence-electron chi connectivity index (χ2n) is 3.95. The molecule has 0 rings (SSSR count). The molecule has 0 aromatic rings. The highest BCUT2D eigenvalue weighted by molar-refractivity contribution is 6.30. The summed E-state index contributed by atoms with van der Waals surface area (Å²) in [5, 5.41) is 0. The lowest BCUT2D eigenvalue weighted by atomic mass is 10.2. The van der Waals surface area contributed by atoms with Crippen LogP contribution in [0.5, 0.6) is 0 Å². The summed E-state index contributed by atoms with van der Waals surface area (Å²) in [6.07, 6.45) is 1.91. The lowest BCUT2D eigenvalue weighted by molar-refractivity contribution is -0.0161. The molecule has 0 aliphatic carbocycles. The van der Waals surface area contributed by atoms with E-state index in [1.807, 2.05) is 26.8 Å². The molecule has 0 spiro atoms. The highest BCUT2D eigenvalue weighted by Crippen LogP contribution is 2.06. The van der Waals surface area contributed by atoms with Crippen LogP contribution < -0.4 is 0 Å². The van der Waals surface area contributed by atoms with Crippen LogP contribution in [0.4, 0.5) is 0 Å². The van der Waals surface area contributed by atoms with Crippen molar-refractivity contribution in [2.24, 2.45) is 0 Å². The van der Waals surface area contributed by atoms with Crippen molar-refractivity contribution < 1.29 is 9.16 Å². The Balaban J connectivity index is 3.22. The standard InChI is InChI=1S/C10H20O2Si/c1-6-9(2)13-12-8-7-11-10(3,4)5/h6,9H,1,7-8H2,2-5H3. The van der Waals surface area contributed by atoms with Gasteiger partial charge in [0.25, 0.3) is 0 Å². The van der Waals surface area contributed by atoms with E-state index in [1.54, 1.807) is 0 Å². The van der Waals surface area contributed by atoms with E-state index in [4.69, 9.17) is 9.16 Å². The zero-order valence-corrected chi connectivity index (χ0v) is 10.1. The highest BCUT2D eigenvalue weighted by atomic mass is 28.2. The van der Waals surface area contributed by atoms with E-state index in [0.29, 0.717) is 28.5 Å². The van der Waals surface area contributed by atoms with Gasteiger partial charge in [0, 0.05) is 0 Å². The minimum absolute atomic E-state index is 0.0590. The van der Waals surface area contributed by atoms with Crippen LogP contribution in [0.2, 0.25) is 5.54 Å². The fourth-order valence-corrected chi connectivity index (χ4v) is 1.19. The van der Waals surface area contributed by atoms with Gasteiger partial charge in [-0.2, -0.15) is 0 Å². The van der Waals surface area contributed by atoms with E-state index in [0.717, 1.165) is 0 Å². The van der Waals surface area contributed by atoms with E-state index >= 15 is 0 Å². The average molecular weight is 200 g/mol. The molecule has 0 aromatic carbocycles. The summed E-state index contributed by atoms with van der Waals surface area (Å²) in [6.45, 7) is 13.3. The molecule has 3 heteroatoms. The Morgan fingerprint density at radius 1 is 1.38 bits per heavy atom. The molecule has 0 aliphatic rings. The zero-order chi connectivity index (χ0) is 10.3. The molecule has 0 saturated heterocycles. The molecule has 0 fully saturated rings. The van der Waals surface area contributed by atoms with Crippen LogP contribution in [0, 0.1) is 0 Å². The van der Waals surface area contributed by atoms with Gasteiger partial charge in [-0.05, 0) is 26.3 Å². The van der Waals surface area contributed by atoms with Crippen LogP contribution in [0.1, 0.15) is 27.7 Å². The fraction of sp³-hybridized carbons (Fsp3) is 0.800. The fourth-order valence-electron chi connectivity index (χ4n) is 0.628. The second-order valence-corrected chi connectivity index (χ2v) is 5.39. The molecule has 0 saturated carbocycles. The normalized spacial score (nSPS) is 14.2. The van der Waals surface area contributed by atoms with E-state index in [1.165, 1.54) is 0 Å². The van der Waals surface area contributed by atoms with Gasteiger partial charge in [-0.3, -0.25) is 0 Å². The van der Waals surface area contributed by atoms with Crippen molar-refractivity contribution in [1.29, 1.82) is 0 Å². The summed E-state index contributed by atoms with van der Waals surface area (Å²) in [6, 6.07) is 0.